The van der Waals surface area contributed by atoms with E-state index in [1.165, 1.54) is 6.92 Å². The monoisotopic (exact) mass is 465 g/mol. The molecule has 0 saturated carbocycles. The summed E-state index contributed by atoms with van der Waals surface area (Å²) in [6.07, 6.45) is 0.683. The van der Waals surface area contributed by atoms with Gasteiger partial charge in [0.25, 0.3) is 5.91 Å². The summed E-state index contributed by atoms with van der Waals surface area (Å²) in [5.74, 6) is -0.534. The Labute approximate surface area is 190 Å². The van der Waals surface area contributed by atoms with E-state index in [0.29, 0.717) is 12.3 Å². The number of unbranched alkanes of at least 4 members (excludes halogenated alkanes) is 1. The van der Waals surface area contributed by atoms with Crippen LogP contribution < -0.4 is 26.8 Å². The molecule has 0 fully saturated rings. The van der Waals surface area contributed by atoms with E-state index in [1.807, 2.05) is 24.3 Å². The molecule has 0 aliphatic heterocycles. The number of aromatic nitrogens is 2. The van der Waals surface area contributed by atoms with Crippen LogP contribution >= 0.6 is 11.6 Å². The van der Waals surface area contributed by atoms with Gasteiger partial charge in [-0.2, -0.15) is 0 Å². The van der Waals surface area contributed by atoms with Crippen molar-refractivity contribution in [1.29, 1.82) is 5.41 Å². The molecule has 2 aromatic rings. The number of ether oxygens (including phenoxy) is 1. The summed E-state index contributed by atoms with van der Waals surface area (Å²) in [5.41, 5.74) is 12.0. The lowest BCUT2D eigenvalue weighted by atomic mass is 10.1. The molecule has 1 heterocycles. The second-order valence-corrected chi connectivity index (χ2v) is 7.47. The van der Waals surface area contributed by atoms with Gasteiger partial charge in [-0.1, -0.05) is 23.7 Å². The Morgan fingerprint density at radius 2 is 1.88 bits per heavy atom. The fourth-order valence-corrected chi connectivity index (χ4v) is 2.69. The number of aryl methyl sites for hydroxylation is 1. The zero-order valence-electron chi connectivity index (χ0n) is 17.6. The summed E-state index contributed by atoms with van der Waals surface area (Å²) >= 11 is 5.75. The van der Waals surface area contributed by atoms with E-state index >= 15 is 0 Å². The van der Waals surface area contributed by atoms with Gasteiger partial charge >= 0.3 is 0 Å². The van der Waals surface area contributed by atoms with Crippen LogP contribution in [0.15, 0.2) is 24.3 Å². The minimum Gasteiger partial charge on any atom is -0.491 e. The van der Waals surface area contributed by atoms with Gasteiger partial charge in [0, 0.05) is 6.54 Å². The highest BCUT2D eigenvalue weighted by atomic mass is 35.5. The van der Waals surface area contributed by atoms with E-state index in [4.69, 9.17) is 33.2 Å². The summed E-state index contributed by atoms with van der Waals surface area (Å²) in [5, 5.41) is 31.6. The summed E-state index contributed by atoms with van der Waals surface area (Å²) in [6, 6.07) is 7.49. The predicted octanol–water partition coefficient (Wildman–Crippen LogP) is 0.692. The molecule has 2 atom stereocenters. The van der Waals surface area contributed by atoms with E-state index in [0.717, 1.165) is 24.8 Å². The molecule has 2 rings (SSSR count). The standard InChI is InChI=1S/C20H28ClN7O4/c1-11(29)14(30)10-32-13-7-5-12(6-8-13)4-2-3-9-25-20(24)28-19(31)15-17(22)27-18(23)16(21)26-15/h5-8,11,14,29-30H,2-4,9-10H2,1H3,(H4,22,23,27)(H3,24,25,28,31). The highest BCUT2D eigenvalue weighted by Gasteiger charge is 2.17. The Kier molecular flexibility index (Phi) is 9.44. The second-order valence-electron chi connectivity index (χ2n) is 7.11. The van der Waals surface area contributed by atoms with E-state index in [1.54, 1.807) is 0 Å². The van der Waals surface area contributed by atoms with Crippen LogP contribution in [0.25, 0.3) is 0 Å². The maximum atomic E-state index is 12.1. The Balaban J connectivity index is 1.66. The molecule has 1 amide bonds. The fourth-order valence-electron chi connectivity index (χ4n) is 2.57. The van der Waals surface area contributed by atoms with Crippen LogP contribution in [-0.2, 0) is 6.42 Å². The number of nitrogen functional groups attached to an aromatic ring is 2. The number of benzene rings is 1. The van der Waals surface area contributed by atoms with E-state index in [-0.39, 0.29) is 35.0 Å². The first-order chi connectivity index (χ1) is 15.2. The maximum Gasteiger partial charge on any atom is 0.280 e. The van der Waals surface area contributed by atoms with Gasteiger partial charge in [-0.25, -0.2) is 9.97 Å². The largest absolute Gasteiger partial charge is 0.491 e. The number of guanidine groups is 1. The van der Waals surface area contributed by atoms with Crippen LogP contribution in [0.2, 0.25) is 5.15 Å². The Bertz CT molecular complexity index is 925. The van der Waals surface area contributed by atoms with Gasteiger partial charge in [-0.05, 0) is 43.9 Å². The maximum absolute atomic E-state index is 12.1. The van der Waals surface area contributed by atoms with E-state index in [9.17, 15) is 15.0 Å². The lowest BCUT2D eigenvalue weighted by molar-refractivity contribution is 0.00227. The molecule has 174 valence electrons. The molecular formula is C20H28ClN7O4. The number of rotatable bonds is 10. The zero-order valence-corrected chi connectivity index (χ0v) is 18.4. The molecule has 9 N–H and O–H groups in total. The molecule has 0 radical (unpaired) electrons. The molecule has 32 heavy (non-hydrogen) atoms. The molecule has 0 bridgehead atoms. The molecule has 1 aromatic carbocycles. The molecule has 1 aromatic heterocycles. The number of nitrogens with two attached hydrogens (primary N) is 2. The first-order valence-electron chi connectivity index (χ1n) is 9.97. The van der Waals surface area contributed by atoms with Crippen LogP contribution in [-0.4, -0.2) is 57.4 Å². The number of halogens is 1. The van der Waals surface area contributed by atoms with E-state index in [2.05, 4.69) is 20.6 Å². The Morgan fingerprint density at radius 1 is 1.19 bits per heavy atom. The van der Waals surface area contributed by atoms with Crippen LogP contribution in [0.4, 0.5) is 11.6 Å². The predicted molar refractivity (Wildman–Crippen MR) is 122 cm³/mol. The smallest absolute Gasteiger partial charge is 0.280 e. The van der Waals surface area contributed by atoms with Gasteiger partial charge in [0.1, 0.15) is 18.5 Å². The minimum absolute atomic E-state index is 0.0235. The highest BCUT2D eigenvalue weighted by molar-refractivity contribution is 6.31. The number of carbonyl (C=O) groups is 1. The van der Waals surface area contributed by atoms with Crippen LogP contribution in [0.3, 0.4) is 0 Å². The summed E-state index contributed by atoms with van der Waals surface area (Å²) < 4.78 is 5.43. The first kappa shape index (κ1) is 25.1. The van der Waals surface area contributed by atoms with Crippen molar-refractivity contribution in [2.45, 2.75) is 38.4 Å². The lowest BCUT2D eigenvalue weighted by Crippen LogP contribution is -2.41. The first-order valence-corrected chi connectivity index (χ1v) is 10.3. The topological polar surface area (TPSA) is 192 Å². The molecule has 11 nitrogen and oxygen atoms in total. The third kappa shape index (κ3) is 7.84. The molecule has 12 heteroatoms. The van der Waals surface area contributed by atoms with Gasteiger partial charge < -0.3 is 31.7 Å². The summed E-state index contributed by atoms with van der Waals surface area (Å²) in [4.78, 5) is 19.7. The third-order valence-electron chi connectivity index (χ3n) is 4.45. The average Bonchev–Trinajstić information content (AvgIpc) is 2.74. The quantitative estimate of drug-likeness (QED) is 0.150. The van der Waals surface area contributed by atoms with Crippen LogP contribution in [0, 0.1) is 5.41 Å². The van der Waals surface area contributed by atoms with Crippen molar-refractivity contribution in [3.8, 4) is 5.75 Å². The number of aliphatic hydroxyl groups excluding tert-OH is 2. The molecule has 0 spiro atoms. The van der Waals surface area contributed by atoms with Gasteiger partial charge in [0.2, 0.25) is 0 Å². The zero-order chi connectivity index (χ0) is 23.7. The number of nitrogens with one attached hydrogen (secondary N) is 3. The number of nitrogens with zero attached hydrogens (tertiary/aromatic N) is 2. The van der Waals surface area contributed by atoms with Crippen molar-refractivity contribution in [1.82, 2.24) is 20.6 Å². The number of hydrogen-bond donors (Lipinski definition) is 7. The van der Waals surface area contributed by atoms with Crippen molar-refractivity contribution < 1.29 is 19.7 Å². The SMILES string of the molecule is CC(O)C(O)COc1ccc(CCCCNC(=N)NC(=O)c2nc(Cl)c(N)nc2N)cc1. The molecular weight excluding hydrogens is 438 g/mol. The Hall–Kier alpha value is -3.15. The minimum atomic E-state index is -0.930. The van der Waals surface area contributed by atoms with Crippen molar-refractivity contribution in [3.63, 3.8) is 0 Å². The van der Waals surface area contributed by atoms with Gasteiger partial charge in [0.15, 0.2) is 28.4 Å². The van der Waals surface area contributed by atoms with Crippen molar-refractivity contribution >= 4 is 35.1 Å². The Morgan fingerprint density at radius 3 is 2.53 bits per heavy atom. The fraction of sp³-hybridized carbons (Fsp3) is 0.400. The molecule has 0 aliphatic carbocycles. The second kappa shape index (κ2) is 12.0. The average molecular weight is 466 g/mol. The molecule has 2 unspecified atom stereocenters. The normalized spacial score (nSPS) is 12.6. The van der Waals surface area contributed by atoms with Gasteiger partial charge in [0.05, 0.1) is 6.10 Å². The molecule has 0 saturated heterocycles. The third-order valence-corrected chi connectivity index (χ3v) is 4.73. The van der Waals surface area contributed by atoms with Crippen molar-refractivity contribution in [3.05, 3.63) is 40.7 Å². The van der Waals surface area contributed by atoms with Gasteiger partial charge in [-0.3, -0.25) is 15.5 Å². The van der Waals surface area contributed by atoms with Crippen molar-refractivity contribution in [2.24, 2.45) is 0 Å². The number of carbonyl (C=O) groups excluding carboxylic acids is 1. The highest BCUT2D eigenvalue weighted by Crippen LogP contribution is 2.17. The number of aliphatic hydroxyl groups is 2. The summed E-state index contributed by atoms with van der Waals surface area (Å²) in [7, 11) is 0. The van der Waals surface area contributed by atoms with Crippen LogP contribution in [0.5, 0.6) is 5.75 Å². The number of anilines is 2. The molecule has 0 aliphatic rings. The van der Waals surface area contributed by atoms with Crippen LogP contribution in [0.1, 0.15) is 35.8 Å². The van der Waals surface area contributed by atoms with E-state index < -0.39 is 18.1 Å². The number of hydrogen-bond acceptors (Lipinski definition) is 9. The van der Waals surface area contributed by atoms with Crippen molar-refractivity contribution in [2.75, 3.05) is 24.6 Å². The van der Waals surface area contributed by atoms with Gasteiger partial charge in [-0.15, -0.1) is 0 Å². The number of amides is 1. The summed E-state index contributed by atoms with van der Waals surface area (Å²) in [6.45, 7) is 2.01. The lowest BCUT2D eigenvalue weighted by Gasteiger charge is -2.14.